The molecule has 0 amide bonds. The molecule has 7 nitrogen and oxygen atoms in total. The summed E-state index contributed by atoms with van der Waals surface area (Å²) in [6, 6.07) is 10.9. The van der Waals surface area contributed by atoms with Gasteiger partial charge in [-0.1, -0.05) is 53.8 Å². The Morgan fingerprint density at radius 3 is 2.62 bits per heavy atom. The SMILES string of the molecule is C=CCOc1c(I)cc(/C=c2\sc3n(c2=O)[C@H](c2ccc(C)cc2)C(C(=O)OCC)=C(C)N=3)cc1OC. The van der Waals surface area contributed by atoms with Crippen LogP contribution in [-0.2, 0) is 9.53 Å². The van der Waals surface area contributed by atoms with Crippen molar-refractivity contribution >= 4 is 46.0 Å². The first-order valence-corrected chi connectivity index (χ1v) is 13.6. The number of rotatable bonds is 8. The third kappa shape index (κ3) is 5.42. The van der Waals surface area contributed by atoms with Crippen LogP contribution < -0.4 is 24.4 Å². The lowest BCUT2D eigenvalue weighted by atomic mass is 9.95. The Morgan fingerprint density at radius 1 is 1.24 bits per heavy atom. The van der Waals surface area contributed by atoms with Gasteiger partial charge in [0.2, 0.25) is 0 Å². The normalized spacial score (nSPS) is 15.2. The Bertz CT molecular complexity index is 1570. The molecule has 0 saturated heterocycles. The number of carbonyl (C=O) groups excluding carboxylic acids is 1. The van der Waals surface area contributed by atoms with E-state index < -0.39 is 12.0 Å². The van der Waals surface area contributed by atoms with Crippen molar-refractivity contribution in [3.8, 4) is 11.5 Å². The van der Waals surface area contributed by atoms with Crippen LogP contribution in [0.15, 0.2) is 70.1 Å². The van der Waals surface area contributed by atoms with E-state index in [0.717, 1.165) is 20.3 Å². The molecular formula is C28H27IN2O5S. The minimum atomic E-state index is -0.637. The standard InChI is InChI=1S/C28H27IN2O5S/c1-6-12-36-25-20(29)13-18(14-21(25)34-5)15-22-26(32)31-24(19-10-8-16(3)9-11-19)23(27(33)35-7-2)17(4)30-28(31)37-22/h6,8-11,13-15,24H,1,7,12H2,2-5H3/b22-15-/t24-/m1/s1. The molecule has 2 heterocycles. The molecule has 0 N–H and O–H groups in total. The number of hydrogen-bond donors (Lipinski definition) is 0. The van der Waals surface area contributed by atoms with Crippen molar-refractivity contribution in [2.75, 3.05) is 20.3 Å². The lowest BCUT2D eigenvalue weighted by molar-refractivity contribution is -0.139. The number of thiazole rings is 1. The van der Waals surface area contributed by atoms with E-state index in [1.54, 1.807) is 37.7 Å². The van der Waals surface area contributed by atoms with Crippen molar-refractivity contribution in [2.45, 2.75) is 26.8 Å². The zero-order valence-electron chi connectivity index (χ0n) is 21.0. The number of carbonyl (C=O) groups is 1. The first-order valence-electron chi connectivity index (χ1n) is 11.7. The van der Waals surface area contributed by atoms with Gasteiger partial charge in [0.25, 0.3) is 5.56 Å². The molecule has 0 bridgehead atoms. The van der Waals surface area contributed by atoms with E-state index in [2.05, 4.69) is 34.2 Å². The monoisotopic (exact) mass is 630 g/mol. The number of ether oxygens (including phenoxy) is 3. The van der Waals surface area contributed by atoms with Crippen LogP contribution in [0.4, 0.5) is 0 Å². The number of allylic oxidation sites excluding steroid dienone is 1. The Morgan fingerprint density at radius 2 is 1.97 bits per heavy atom. The van der Waals surface area contributed by atoms with Gasteiger partial charge in [0.15, 0.2) is 16.3 Å². The van der Waals surface area contributed by atoms with E-state index in [4.69, 9.17) is 14.2 Å². The molecule has 2 aromatic carbocycles. The molecule has 37 heavy (non-hydrogen) atoms. The predicted molar refractivity (Wildman–Crippen MR) is 153 cm³/mol. The Kier molecular flexibility index (Phi) is 8.33. The van der Waals surface area contributed by atoms with E-state index >= 15 is 0 Å². The first-order chi connectivity index (χ1) is 17.8. The van der Waals surface area contributed by atoms with Gasteiger partial charge >= 0.3 is 5.97 Å². The van der Waals surface area contributed by atoms with Gasteiger partial charge in [-0.25, -0.2) is 9.79 Å². The van der Waals surface area contributed by atoms with E-state index in [-0.39, 0.29) is 12.2 Å². The summed E-state index contributed by atoms with van der Waals surface area (Å²) >= 11 is 3.46. The number of aryl methyl sites for hydroxylation is 1. The number of fused-ring (bicyclic) bond motifs is 1. The van der Waals surface area contributed by atoms with Crippen molar-refractivity contribution in [1.29, 1.82) is 0 Å². The molecule has 0 saturated carbocycles. The quantitative estimate of drug-likeness (QED) is 0.211. The largest absolute Gasteiger partial charge is 0.493 e. The van der Waals surface area contributed by atoms with Gasteiger partial charge in [0, 0.05) is 0 Å². The second-order valence-electron chi connectivity index (χ2n) is 8.35. The molecule has 1 aliphatic heterocycles. The third-order valence-electron chi connectivity index (χ3n) is 5.81. The summed E-state index contributed by atoms with van der Waals surface area (Å²) in [5.41, 5.74) is 3.35. The Labute approximate surface area is 232 Å². The molecule has 9 heteroatoms. The van der Waals surface area contributed by atoms with E-state index in [0.29, 0.717) is 38.7 Å². The summed E-state index contributed by atoms with van der Waals surface area (Å²) in [7, 11) is 1.57. The highest BCUT2D eigenvalue weighted by molar-refractivity contribution is 14.1. The number of aromatic nitrogens is 1. The molecule has 1 aromatic heterocycles. The topological polar surface area (TPSA) is 79.1 Å². The first kappa shape index (κ1) is 26.9. The molecule has 0 unspecified atom stereocenters. The molecule has 1 atom stereocenters. The fourth-order valence-corrected chi connectivity index (χ4v) is 5.94. The van der Waals surface area contributed by atoms with Crippen LogP contribution in [0.2, 0.25) is 0 Å². The van der Waals surface area contributed by atoms with Gasteiger partial charge in [0.05, 0.1) is 39.1 Å². The molecular weight excluding hydrogens is 603 g/mol. The minimum absolute atomic E-state index is 0.230. The maximum atomic E-state index is 13.8. The molecule has 0 spiro atoms. The zero-order chi connectivity index (χ0) is 26.7. The van der Waals surface area contributed by atoms with Gasteiger partial charge in [-0.05, 0) is 72.7 Å². The number of nitrogens with zero attached hydrogens (tertiary/aromatic N) is 2. The highest BCUT2D eigenvalue weighted by atomic mass is 127. The summed E-state index contributed by atoms with van der Waals surface area (Å²) in [5.74, 6) is 0.708. The summed E-state index contributed by atoms with van der Waals surface area (Å²) in [5, 5.41) is 0. The van der Waals surface area contributed by atoms with Gasteiger partial charge < -0.3 is 14.2 Å². The van der Waals surface area contributed by atoms with Crippen molar-refractivity contribution in [1.82, 2.24) is 4.57 Å². The summed E-state index contributed by atoms with van der Waals surface area (Å²) < 4.78 is 19.6. The number of methoxy groups -OCH3 is 1. The lowest BCUT2D eigenvalue weighted by Crippen LogP contribution is -2.39. The van der Waals surface area contributed by atoms with Crippen molar-refractivity contribution in [3.63, 3.8) is 0 Å². The van der Waals surface area contributed by atoms with Crippen LogP contribution in [0, 0.1) is 10.5 Å². The molecule has 4 rings (SSSR count). The summed E-state index contributed by atoms with van der Waals surface area (Å²) in [4.78, 5) is 31.9. The fourth-order valence-electron chi connectivity index (χ4n) is 4.11. The maximum Gasteiger partial charge on any atom is 0.338 e. The van der Waals surface area contributed by atoms with Gasteiger partial charge in [-0.2, -0.15) is 0 Å². The molecule has 1 aliphatic rings. The maximum absolute atomic E-state index is 13.8. The van der Waals surface area contributed by atoms with Crippen molar-refractivity contribution < 1.29 is 19.0 Å². The molecule has 3 aromatic rings. The van der Waals surface area contributed by atoms with Crippen LogP contribution in [-0.4, -0.2) is 30.9 Å². The third-order valence-corrected chi connectivity index (χ3v) is 7.59. The van der Waals surface area contributed by atoms with Gasteiger partial charge in [-0.15, -0.1) is 0 Å². The van der Waals surface area contributed by atoms with Crippen LogP contribution in [0.1, 0.15) is 36.6 Å². The van der Waals surface area contributed by atoms with E-state index in [9.17, 15) is 9.59 Å². The van der Waals surface area contributed by atoms with Crippen LogP contribution in [0.25, 0.3) is 6.08 Å². The Balaban J connectivity index is 1.90. The van der Waals surface area contributed by atoms with Crippen molar-refractivity contribution in [2.24, 2.45) is 4.99 Å². The number of halogens is 1. The van der Waals surface area contributed by atoms with E-state index in [1.807, 2.05) is 43.3 Å². The highest BCUT2D eigenvalue weighted by Gasteiger charge is 2.33. The second-order valence-corrected chi connectivity index (χ2v) is 10.5. The van der Waals surface area contributed by atoms with Gasteiger partial charge in [-0.3, -0.25) is 9.36 Å². The van der Waals surface area contributed by atoms with Crippen LogP contribution in [0.5, 0.6) is 11.5 Å². The lowest BCUT2D eigenvalue weighted by Gasteiger charge is -2.24. The number of esters is 1. The molecule has 0 radical (unpaired) electrons. The van der Waals surface area contributed by atoms with Gasteiger partial charge in [0.1, 0.15) is 6.61 Å². The molecule has 192 valence electrons. The second kappa shape index (κ2) is 11.5. The summed E-state index contributed by atoms with van der Waals surface area (Å²) in [6.07, 6.45) is 3.47. The smallest absolute Gasteiger partial charge is 0.338 e. The van der Waals surface area contributed by atoms with Crippen LogP contribution in [0.3, 0.4) is 0 Å². The van der Waals surface area contributed by atoms with Crippen LogP contribution >= 0.6 is 33.9 Å². The summed E-state index contributed by atoms with van der Waals surface area (Å²) in [6.45, 7) is 9.80. The predicted octanol–water partition coefficient (Wildman–Crippen LogP) is 4.28. The number of hydrogen-bond acceptors (Lipinski definition) is 7. The zero-order valence-corrected chi connectivity index (χ0v) is 24.0. The fraction of sp³-hybridized carbons (Fsp3) is 0.250. The van der Waals surface area contributed by atoms with Crippen molar-refractivity contribution in [3.05, 3.63) is 100 Å². The Hall–Kier alpha value is -3.18. The van der Waals surface area contributed by atoms with E-state index in [1.165, 1.54) is 11.3 Å². The number of benzene rings is 2. The minimum Gasteiger partial charge on any atom is -0.493 e. The molecule has 0 aliphatic carbocycles. The highest BCUT2D eigenvalue weighted by Crippen LogP contribution is 2.34. The molecule has 0 fully saturated rings. The average molecular weight is 631 g/mol. The average Bonchev–Trinajstić information content (AvgIpc) is 3.17.